The van der Waals surface area contributed by atoms with Gasteiger partial charge in [-0.1, -0.05) is 6.07 Å². The molecular formula is C26H36F4N6O2. The fraction of sp³-hybridized carbons (Fsp3) is 0.692. The molecule has 1 amide bonds. The number of nitrogens with zero attached hydrogens (tertiary/aromatic N) is 5. The monoisotopic (exact) mass is 540 g/mol. The number of carbonyl (C=O) groups excluding carboxylic acids is 1. The van der Waals surface area contributed by atoms with Crippen LogP contribution in [0.25, 0.3) is 0 Å². The Morgan fingerprint density at radius 1 is 1.21 bits per heavy atom. The highest BCUT2D eigenvalue weighted by atomic mass is 19.4. The highest BCUT2D eigenvalue weighted by Crippen LogP contribution is 2.35. The van der Waals surface area contributed by atoms with Crippen molar-refractivity contribution in [2.24, 2.45) is 7.05 Å². The van der Waals surface area contributed by atoms with Crippen LogP contribution in [0.4, 0.5) is 17.6 Å². The van der Waals surface area contributed by atoms with E-state index in [-0.39, 0.29) is 24.2 Å². The molecule has 0 spiro atoms. The van der Waals surface area contributed by atoms with Gasteiger partial charge in [-0.15, -0.1) is 0 Å². The molecule has 1 saturated carbocycles. The molecule has 8 nitrogen and oxygen atoms in total. The van der Waals surface area contributed by atoms with Crippen molar-refractivity contribution >= 4 is 5.91 Å². The largest absolute Gasteiger partial charge is 0.465 e. The summed E-state index contributed by atoms with van der Waals surface area (Å²) in [5, 5.41) is 7.17. The van der Waals surface area contributed by atoms with Gasteiger partial charge in [0, 0.05) is 50.9 Å². The average molecular weight is 541 g/mol. The van der Waals surface area contributed by atoms with Crippen LogP contribution < -0.4 is 10.1 Å². The van der Waals surface area contributed by atoms with Gasteiger partial charge in [-0.05, 0) is 57.9 Å². The molecule has 0 saturated heterocycles. The van der Waals surface area contributed by atoms with Gasteiger partial charge in [0.25, 0.3) is 0 Å². The Morgan fingerprint density at radius 3 is 2.58 bits per heavy atom. The number of rotatable bonds is 8. The number of pyridine rings is 1. The second-order valence-corrected chi connectivity index (χ2v) is 10.5. The zero-order valence-electron chi connectivity index (χ0n) is 22.2. The number of fused-ring (bicyclic) bond motifs is 1. The fourth-order valence-corrected chi connectivity index (χ4v) is 5.17. The molecule has 0 unspecified atom stereocenters. The normalized spacial score (nSPS) is 23.4. The molecule has 1 atom stereocenters. The molecule has 0 bridgehead atoms. The number of hydrogen-bond donors (Lipinski definition) is 1. The van der Waals surface area contributed by atoms with Gasteiger partial charge < -0.3 is 15.0 Å². The Hall–Kier alpha value is -2.76. The SMILES string of the molecule is Cc1nc(CC(=O)NC2CCC(F)(CCN3CCc4ccc(O[C@H](C)C(F)(F)F)nc4CC3)CC2)n(C)n1. The van der Waals surface area contributed by atoms with Gasteiger partial charge in [0.05, 0.1) is 6.42 Å². The van der Waals surface area contributed by atoms with E-state index in [2.05, 4.69) is 25.3 Å². The van der Waals surface area contributed by atoms with Crippen molar-refractivity contribution in [1.29, 1.82) is 0 Å². The van der Waals surface area contributed by atoms with Gasteiger partial charge in [-0.25, -0.2) is 14.4 Å². The first-order chi connectivity index (χ1) is 17.9. The maximum Gasteiger partial charge on any atom is 0.425 e. The number of nitrogens with one attached hydrogen (secondary N) is 1. The van der Waals surface area contributed by atoms with Crippen LogP contribution in [0.5, 0.6) is 5.88 Å². The van der Waals surface area contributed by atoms with Gasteiger partial charge in [0.15, 0.2) is 6.10 Å². The lowest BCUT2D eigenvalue weighted by molar-refractivity contribution is -0.190. The van der Waals surface area contributed by atoms with E-state index in [1.807, 2.05) is 0 Å². The lowest BCUT2D eigenvalue weighted by atomic mass is 9.81. The average Bonchev–Trinajstić information content (AvgIpc) is 3.03. The number of aromatic nitrogens is 4. The van der Waals surface area contributed by atoms with Crippen molar-refractivity contribution in [1.82, 2.24) is 30.0 Å². The number of hydrogen-bond acceptors (Lipinski definition) is 6. The Balaban J connectivity index is 1.21. The summed E-state index contributed by atoms with van der Waals surface area (Å²) in [5.41, 5.74) is 0.456. The van der Waals surface area contributed by atoms with Crippen molar-refractivity contribution in [3.8, 4) is 5.88 Å². The summed E-state index contributed by atoms with van der Waals surface area (Å²) in [6.07, 6.45) is -2.56. The van der Waals surface area contributed by atoms with E-state index >= 15 is 4.39 Å². The molecule has 2 aromatic rings. The number of ether oxygens (including phenoxy) is 1. The molecule has 1 aliphatic carbocycles. The standard InChI is InChI=1S/C26H36F4N6O2/c1-17(26(28,29)30)38-24-5-4-19-8-13-36(14-9-21(19)33-24)15-12-25(27)10-6-20(7-11-25)32-23(37)16-22-31-18(2)34-35(22)3/h4-5,17,20H,6-16H2,1-3H3,(H,32,37)/t17-,20?,25?/m1/s1. The number of carbonyl (C=O) groups is 1. The van der Waals surface area contributed by atoms with E-state index in [0.717, 1.165) is 24.7 Å². The maximum absolute atomic E-state index is 15.6. The molecule has 3 heterocycles. The Morgan fingerprint density at radius 2 is 1.92 bits per heavy atom. The van der Waals surface area contributed by atoms with Crippen LogP contribution in [-0.2, 0) is 31.1 Å². The van der Waals surface area contributed by atoms with E-state index in [0.29, 0.717) is 69.7 Å². The predicted octanol–water partition coefficient (Wildman–Crippen LogP) is 3.65. The molecule has 2 aromatic heterocycles. The zero-order valence-corrected chi connectivity index (χ0v) is 22.2. The van der Waals surface area contributed by atoms with Gasteiger partial charge >= 0.3 is 6.18 Å². The zero-order chi connectivity index (χ0) is 27.5. The van der Waals surface area contributed by atoms with Crippen LogP contribution in [-0.4, -0.2) is 74.2 Å². The fourth-order valence-electron chi connectivity index (χ4n) is 5.17. The van der Waals surface area contributed by atoms with Crippen LogP contribution in [0, 0.1) is 6.92 Å². The third-order valence-corrected chi connectivity index (χ3v) is 7.56. The highest BCUT2D eigenvalue weighted by Gasteiger charge is 2.39. The van der Waals surface area contributed by atoms with Crippen molar-refractivity contribution in [3.05, 3.63) is 35.0 Å². The van der Waals surface area contributed by atoms with E-state index in [1.54, 1.807) is 24.7 Å². The minimum absolute atomic E-state index is 0.0275. The highest BCUT2D eigenvalue weighted by molar-refractivity contribution is 5.78. The van der Waals surface area contributed by atoms with Crippen LogP contribution in [0.3, 0.4) is 0 Å². The summed E-state index contributed by atoms with van der Waals surface area (Å²) in [5.74, 6) is 1.07. The van der Waals surface area contributed by atoms with Crippen LogP contribution in [0.2, 0.25) is 0 Å². The third kappa shape index (κ3) is 7.42. The second-order valence-electron chi connectivity index (χ2n) is 10.5. The molecular weight excluding hydrogens is 504 g/mol. The number of amides is 1. The minimum Gasteiger partial charge on any atom is -0.465 e. The third-order valence-electron chi connectivity index (χ3n) is 7.56. The van der Waals surface area contributed by atoms with E-state index in [9.17, 15) is 18.0 Å². The van der Waals surface area contributed by atoms with Crippen molar-refractivity contribution in [2.45, 2.75) is 89.2 Å². The lowest BCUT2D eigenvalue weighted by Gasteiger charge is -2.35. The Labute approximate surface area is 220 Å². The first-order valence-electron chi connectivity index (χ1n) is 13.2. The van der Waals surface area contributed by atoms with Gasteiger partial charge in [-0.2, -0.15) is 18.3 Å². The van der Waals surface area contributed by atoms with Gasteiger partial charge in [0.2, 0.25) is 11.8 Å². The lowest BCUT2D eigenvalue weighted by Crippen LogP contribution is -2.43. The van der Waals surface area contributed by atoms with Crippen LogP contribution in [0.1, 0.15) is 61.9 Å². The Kier molecular flexibility index (Phi) is 8.59. The summed E-state index contributed by atoms with van der Waals surface area (Å²) in [7, 11) is 1.75. The molecule has 0 radical (unpaired) electrons. The number of halogens is 4. The van der Waals surface area contributed by atoms with Crippen LogP contribution in [0.15, 0.2) is 12.1 Å². The molecule has 4 rings (SSSR count). The summed E-state index contributed by atoms with van der Waals surface area (Å²) >= 11 is 0. The summed E-state index contributed by atoms with van der Waals surface area (Å²) < 4.78 is 60.6. The maximum atomic E-state index is 15.6. The molecule has 2 aliphatic rings. The molecule has 12 heteroatoms. The molecule has 1 N–H and O–H groups in total. The van der Waals surface area contributed by atoms with Gasteiger partial charge in [-0.3, -0.25) is 9.48 Å². The van der Waals surface area contributed by atoms with Gasteiger partial charge in [0.1, 0.15) is 17.3 Å². The summed E-state index contributed by atoms with van der Waals surface area (Å²) in [4.78, 5) is 23.2. The topological polar surface area (TPSA) is 85.2 Å². The smallest absolute Gasteiger partial charge is 0.425 e. The number of alkyl halides is 4. The quantitative estimate of drug-likeness (QED) is 0.515. The molecule has 1 aliphatic heterocycles. The first-order valence-corrected chi connectivity index (χ1v) is 13.2. The van der Waals surface area contributed by atoms with Crippen molar-refractivity contribution in [2.75, 3.05) is 19.6 Å². The van der Waals surface area contributed by atoms with E-state index < -0.39 is 17.9 Å². The number of aryl methyl sites for hydroxylation is 2. The van der Waals surface area contributed by atoms with E-state index in [4.69, 9.17) is 4.74 Å². The summed E-state index contributed by atoms with van der Waals surface area (Å²) in [6.45, 7) is 4.74. The first kappa shape index (κ1) is 28.3. The predicted molar refractivity (Wildman–Crippen MR) is 133 cm³/mol. The molecule has 0 aromatic carbocycles. The molecule has 38 heavy (non-hydrogen) atoms. The second kappa shape index (κ2) is 11.5. The van der Waals surface area contributed by atoms with Crippen LogP contribution >= 0.6 is 0 Å². The minimum atomic E-state index is -4.45. The van der Waals surface area contributed by atoms with E-state index in [1.165, 1.54) is 6.07 Å². The van der Waals surface area contributed by atoms with Crippen molar-refractivity contribution < 1.29 is 27.1 Å². The molecule has 210 valence electrons. The molecule has 1 fully saturated rings. The van der Waals surface area contributed by atoms with Crippen molar-refractivity contribution in [3.63, 3.8) is 0 Å². The summed E-state index contributed by atoms with van der Waals surface area (Å²) in [6, 6.07) is 3.22. The Bertz CT molecular complexity index is 1110.